The minimum absolute atomic E-state index is 1.11. The van der Waals surface area contributed by atoms with E-state index in [9.17, 15) is 0 Å². The largest absolute Gasteiger partial charge is 0.309 e. The van der Waals surface area contributed by atoms with E-state index in [0.29, 0.717) is 0 Å². The number of fused-ring (bicyclic) bond motifs is 6. The third kappa shape index (κ3) is 7.68. The summed E-state index contributed by atoms with van der Waals surface area (Å²) in [4.78, 5) is 0. The second-order valence-electron chi connectivity index (χ2n) is 21.4. The van der Waals surface area contributed by atoms with Gasteiger partial charge in [0.1, 0.15) is 0 Å². The van der Waals surface area contributed by atoms with Crippen LogP contribution < -0.4 is 41.5 Å². The lowest BCUT2D eigenvalue weighted by atomic mass is 9.95. The van der Waals surface area contributed by atoms with Crippen molar-refractivity contribution in [3.8, 4) is 33.6 Å². The molecule has 0 aliphatic carbocycles. The molecule has 0 N–H and O–H groups in total. The number of rotatable bonds is 12. The van der Waals surface area contributed by atoms with Crippen molar-refractivity contribution in [2.24, 2.45) is 0 Å². The first kappa shape index (κ1) is 49.0. The van der Waals surface area contributed by atoms with Crippen molar-refractivity contribution in [3.63, 3.8) is 0 Å². The van der Waals surface area contributed by atoms with Crippen molar-refractivity contribution in [1.82, 2.24) is 9.13 Å². The van der Waals surface area contributed by atoms with Crippen molar-refractivity contribution in [2.45, 2.75) is 0 Å². The van der Waals surface area contributed by atoms with Crippen LogP contribution in [0, 0.1) is 0 Å². The number of hydrogen-bond donors (Lipinski definition) is 0. The summed E-state index contributed by atoms with van der Waals surface area (Å²) in [5.74, 6) is 0. The zero-order valence-corrected chi connectivity index (χ0v) is 47.2. The predicted molar refractivity (Wildman–Crippen MR) is 353 cm³/mol. The summed E-state index contributed by atoms with van der Waals surface area (Å²) >= 11 is 0. The summed E-state index contributed by atoms with van der Waals surface area (Å²) in [6.45, 7) is 0. The van der Waals surface area contributed by atoms with Crippen molar-refractivity contribution in [2.75, 3.05) is 0 Å². The molecule has 13 aromatic carbocycles. The van der Waals surface area contributed by atoms with Crippen LogP contribution in [0.5, 0.6) is 0 Å². The smallest absolute Gasteiger partial charge is 0.180 e. The maximum Gasteiger partial charge on any atom is 0.180 e. The summed E-state index contributed by atoms with van der Waals surface area (Å²) < 4.78 is 5.16. The predicted octanol–water partition coefficient (Wildman–Crippen LogP) is 14.0. The molecule has 15 aromatic rings. The third-order valence-electron chi connectivity index (χ3n) is 17.2. The van der Waals surface area contributed by atoms with Gasteiger partial charge >= 0.3 is 0 Å². The number of hydrogen-bond acceptors (Lipinski definition) is 0. The zero-order chi connectivity index (χ0) is 54.5. The second-order valence-corrected chi connectivity index (χ2v) is 29.0. The zero-order valence-electron chi connectivity index (χ0n) is 45.2. The molecule has 82 heavy (non-hydrogen) atoms. The van der Waals surface area contributed by atoms with Gasteiger partial charge in [-0.2, -0.15) is 0 Å². The lowest BCUT2D eigenvalue weighted by Gasteiger charge is -2.35. The Morgan fingerprint density at radius 1 is 0.220 bits per heavy atom. The van der Waals surface area contributed by atoms with E-state index in [1.54, 1.807) is 0 Å². The van der Waals surface area contributed by atoms with Crippen LogP contribution in [0.2, 0.25) is 0 Å². The molecule has 0 radical (unpaired) electrons. The van der Waals surface area contributed by atoms with Crippen LogP contribution >= 0.6 is 0 Å². The van der Waals surface area contributed by atoms with Crippen molar-refractivity contribution in [3.05, 3.63) is 340 Å². The van der Waals surface area contributed by atoms with Crippen LogP contribution in [0.15, 0.2) is 340 Å². The summed E-state index contributed by atoms with van der Waals surface area (Å²) in [7, 11) is -6.12. The average Bonchev–Trinajstić information content (AvgIpc) is 2.23. The molecule has 0 atom stereocenters. The quantitative estimate of drug-likeness (QED) is 0.0852. The number of aromatic nitrogens is 2. The highest BCUT2D eigenvalue weighted by atomic mass is 28.3. The van der Waals surface area contributed by atoms with Gasteiger partial charge in [-0.1, -0.05) is 303 Å². The molecule has 0 aliphatic rings. The summed E-state index contributed by atoms with van der Waals surface area (Å²) in [6, 6.07) is 128. The SMILES string of the molecule is c1ccc(-c2cccc(-c3ccccc3)c2-n2c3ccc(-n4c5ccccc5c5c([Si](c6ccccc6)(c6ccccc6)c6ccccc6)cccc54)cc3c3c([Si](c4ccccc4)(c4ccccc4)c4ccccc4)cccc32)cc1. The summed E-state index contributed by atoms with van der Waals surface area (Å²) in [6.07, 6.45) is 0. The van der Waals surface area contributed by atoms with Gasteiger partial charge in [-0.15, -0.1) is 0 Å². The topological polar surface area (TPSA) is 9.86 Å². The highest BCUT2D eigenvalue weighted by Gasteiger charge is 2.45. The van der Waals surface area contributed by atoms with E-state index >= 15 is 0 Å². The third-order valence-corrected chi connectivity index (χ3v) is 26.9. The van der Waals surface area contributed by atoms with Gasteiger partial charge in [0.05, 0.1) is 27.8 Å². The van der Waals surface area contributed by atoms with E-state index < -0.39 is 16.1 Å². The minimum atomic E-state index is -3.14. The van der Waals surface area contributed by atoms with Gasteiger partial charge in [0.25, 0.3) is 0 Å². The molecular weight excluding hydrogens is 1020 g/mol. The van der Waals surface area contributed by atoms with Gasteiger partial charge in [-0.3, -0.25) is 0 Å². The first-order chi connectivity index (χ1) is 40.7. The van der Waals surface area contributed by atoms with Crippen molar-refractivity contribution in [1.29, 1.82) is 0 Å². The van der Waals surface area contributed by atoms with Crippen LogP contribution in [0.1, 0.15) is 0 Å². The van der Waals surface area contributed by atoms with Gasteiger partial charge in [0.15, 0.2) is 16.1 Å². The van der Waals surface area contributed by atoms with Crippen LogP contribution in [0.4, 0.5) is 0 Å². The Balaban J connectivity index is 1.10. The van der Waals surface area contributed by atoms with Crippen LogP contribution in [-0.2, 0) is 0 Å². The molecule has 0 saturated heterocycles. The molecule has 2 aromatic heterocycles. The standard InChI is InChI=1S/C78H56N2Si2/c1-9-30-57(31-10-1)66-47-27-48-67(58-32-11-2-12-33-58)78(66)80-71-55-54-59(56-69(71)77-73(80)51-29-53-75(77)82(63-40-19-6-20-41-63,64-42-21-7-22-43-64)65-44-23-8-24-45-65)79-70-49-26-25-46-68(70)76-72(79)50-28-52-74(76)81(60-34-13-3-14-35-60,61-36-15-4-16-37-61)62-38-17-5-18-39-62/h1-56H. The molecule has 386 valence electrons. The maximum atomic E-state index is 2.60. The molecule has 0 bridgehead atoms. The molecule has 0 saturated carbocycles. The second kappa shape index (κ2) is 20.5. The normalized spacial score (nSPS) is 11.9. The van der Waals surface area contributed by atoms with E-state index in [1.807, 2.05) is 0 Å². The molecule has 0 aliphatic heterocycles. The molecule has 0 fully saturated rings. The van der Waals surface area contributed by atoms with E-state index in [1.165, 1.54) is 102 Å². The Morgan fingerprint density at radius 3 is 0.951 bits per heavy atom. The fourth-order valence-corrected chi connectivity index (χ4v) is 23.9. The monoisotopic (exact) mass is 1080 g/mol. The van der Waals surface area contributed by atoms with Crippen molar-refractivity contribution < 1.29 is 0 Å². The van der Waals surface area contributed by atoms with E-state index in [0.717, 1.165) is 16.9 Å². The summed E-state index contributed by atoms with van der Waals surface area (Å²) in [5, 5.41) is 15.8. The number of benzene rings is 13. The van der Waals surface area contributed by atoms with E-state index in [2.05, 4.69) is 349 Å². The minimum Gasteiger partial charge on any atom is -0.309 e. The number of para-hydroxylation sites is 2. The highest BCUT2D eigenvalue weighted by molar-refractivity contribution is 7.21. The average molecular weight is 1080 g/mol. The summed E-state index contributed by atoms with van der Waals surface area (Å²) in [5.41, 5.74) is 11.6. The van der Waals surface area contributed by atoms with Gasteiger partial charge in [-0.25, -0.2) is 0 Å². The Hall–Kier alpha value is -10.1. The molecular formula is C78H56N2Si2. The molecule has 0 unspecified atom stereocenters. The van der Waals surface area contributed by atoms with Crippen LogP contribution in [0.3, 0.4) is 0 Å². The van der Waals surface area contributed by atoms with E-state index in [4.69, 9.17) is 0 Å². The van der Waals surface area contributed by atoms with Gasteiger partial charge in [0.2, 0.25) is 0 Å². The molecule has 15 rings (SSSR count). The fraction of sp³-hybridized carbons (Fsp3) is 0. The Bertz CT molecular complexity index is 4500. The van der Waals surface area contributed by atoms with Gasteiger partial charge in [-0.05, 0) is 89.0 Å². The molecule has 2 nitrogen and oxygen atoms in total. The molecule has 4 heteroatoms. The Morgan fingerprint density at radius 2 is 0.537 bits per heavy atom. The number of nitrogens with zero attached hydrogens (tertiary/aromatic N) is 2. The lowest BCUT2D eigenvalue weighted by molar-refractivity contribution is 1.17. The first-order valence-electron chi connectivity index (χ1n) is 28.4. The highest BCUT2D eigenvalue weighted by Crippen LogP contribution is 2.43. The fourth-order valence-electron chi connectivity index (χ4n) is 13.9. The lowest BCUT2D eigenvalue weighted by Crippen LogP contribution is -2.74. The first-order valence-corrected chi connectivity index (χ1v) is 32.4. The van der Waals surface area contributed by atoms with Crippen molar-refractivity contribution >= 4 is 101 Å². The van der Waals surface area contributed by atoms with Crippen LogP contribution in [-0.4, -0.2) is 25.3 Å². The van der Waals surface area contributed by atoms with Gasteiger partial charge < -0.3 is 9.13 Å². The molecule has 0 spiro atoms. The van der Waals surface area contributed by atoms with Gasteiger partial charge in [0, 0.05) is 38.4 Å². The van der Waals surface area contributed by atoms with Crippen LogP contribution in [0.25, 0.3) is 77.2 Å². The van der Waals surface area contributed by atoms with E-state index in [-0.39, 0.29) is 0 Å². The Labute approximate surface area is 480 Å². The maximum absolute atomic E-state index is 3.14. The Kier molecular flexibility index (Phi) is 12.3. The molecule has 0 amide bonds. The molecule has 2 heterocycles.